The minimum absolute atomic E-state index is 0.189. The lowest BCUT2D eigenvalue weighted by Crippen LogP contribution is -2.44. The van der Waals surface area contributed by atoms with Gasteiger partial charge in [-0.3, -0.25) is 9.59 Å². The van der Waals surface area contributed by atoms with Crippen LogP contribution in [0.3, 0.4) is 0 Å². The summed E-state index contributed by atoms with van der Waals surface area (Å²) >= 11 is 0. The average molecular weight is 498 g/mol. The predicted octanol–water partition coefficient (Wildman–Crippen LogP) is 6.89. The number of nitrogens with zero attached hydrogens (tertiary/aromatic N) is 1. The van der Waals surface area contributed by atoms with Crippen molar-refractivity contribution in [3.05, 3.63) is 102 Å². The first-order valence-corrected chi connectivity index (χ1v) is 13.7. The van der Waals surface area contributed by atoms with Gasteiger partial charge in [0, 0.05) is 23.7 Å². The van der Waals surface area contributed by atoms with Crippen molar-refractivity contribution in [1.82, 2.24) is 4.90 Å². The van der Waals surface area contributed by atoms with Gasteiger partial charge in [0.25, 0.3) is 0 Å². The summed E-state index contributed by atoms with van der Waals surface area (Å²) in [5.41, 5.74) is 9.25. The highest BCUT2D eigenvalue weighted by Gasteiger charge is 2.41. The molecule has 2 heterocycles. The van der Waals surface area contributed by atoms with Crippen LogP contribution in [-0.4, -0.2) is 23.8 Å². The molecule has 2 amide bonds. The number of nitrogens with two attached hydrogens (primary N) is 1. The number of amides is 2. The molecule has 3 aromatic rings. The van der Waals surface area contributed by atoms with Crippen LogP contribution in [0.15, 0.2) is 84.9 Å². The summed E-state index contributed by atoms with van der Waals surface area (Å²) in [5.74, 6) is 0.0480. The largest absolute Gasteiger partial charge is 0.378 e. The molecule has 3 aromatic carbocycles. The van der Waals surface area contributed by atoms with Crippen molar-refractivity contribution in [2.24, 2.45) is 11.7 Å². The van der Waals surface area contributed by atoms with E-state index in [1.807, 2.05) is 11.0 Å². The van der Waals surface area contributed by atoms with Gasteiger partial charge >= 0.3 is 0 Å². The predicted molar refractivity (Wildman–Crippen MR) is 150 cm³/mol. The normalized spacial score (nSPS) is 21.8. The summed E-state index contributed by atoms with van der Waals surface area (Å²) in [6.45, 7) is 0.862. The highest BCUT2D eigenvalue weighted by atomic mass is 16.1. The Morgan fingerprint density at radius 3 is 1.92 bits per heavy atom. The smallest absolute Gasteiger partial charge is 0.248 e. The zero-order valence-corrected chi connectivity index (χ0v) is 21.6. The molecule has 5 nitrogen and oxygen atoms in total. The molecule has 3 N–H and O–H groups in total. The van der Waals surface area contributed by atoms with Crippen LogP contribution >= 0.6 is 0 Å². The lowest BCUT2D eigenvalue weighted by Gasteiger charge is -2.47. The molecule has 0 spiro atoms. The SMILES string of the molecule is C1CCCCC1.NC(=O)c1ccccc1.O=CN1CCCC2[C@@H](c3ccccc3)Nc3ccccc3[C@H]21. The first-order chi connectivity index (χ1) is 18.2. The number of piperidine rings is 1. The van der Waals surface area contributed by atoms with E-state index in [0.717, 1.165) is 31.5 Å². The van der Waals surface area contributed by atoms with Crippen LogP contribution in [0.1, 0.15) is 84.9 Å². The molecule has 37 heavy (non-hydrogen) atoms. The minimum atomic E-state index is -0.379. The maximum absolute atomic E-state index is 11.6. The first-order valence-electron chi connectivity index (χ1n) is 13.7. The number of carbonyl (C=O) groups is 2. The van der Waals surface area contributed by atoms with E-state index in [2.05, 4.69) is 59.9 Å². The van der Waals surface area contributed by atoms with E-state index < -0.39 is 0 Å². The van der Waals surface area contributed by atoms with Gasteiger partial charge in [-0.15, -0.1) is 0 Å². The molecule has 6 rings (SSSR count). The summed E-state index contributed by atoms with van der Waals surface area (Å²) in [5, 5.41) is 3.71. The number of hydrogen-bond acceptors (Lipinski definition) is 3. The Balaban J connectivity index is 0.000000175. The molecule has 194 valence electrons. The highest BCUT2D eigenvalue weighted by molar-refractivity contribution is 5.92. The van der Waals surface area contributed by atoms with Crippen LogP contribution in [0.25, 0.3) is 0 Å². The van der Waals surface area contributed by atoms with Gasteiger partial charge in [-0.1, -0.05) is 105 Å². The van der Waals surface area contributed by atoms with E-state index in [0.29, 0.717) is 11.5 Å². The number of rotatable bonds is 3. The van der Waals surface area contributed by atoms with Crippen LogP contribution in [0.2, 0.25) is 0 Å². The number of nitrogens with one attached hydrogen (secondary N) is 1. The van der Waals surface area contributed by atoms with Crippen LogP contribution in [0.4, 0.5) is 5.69 Å². The van der Waals surface area contributed by atoms with Gasteiger partial charge < -0.3 is 16.0 Å². The molecule has 0 bridgehead atoms. The molecule has 3 aliphatic rings. The maximum atomic E-state index is 11.6. The number of likely N-dealkylation sites (tertiary alicyclic amines) is 1. The van der Waals surface area contributed by atoms with Crippen LogP contribution in [0.5, 0.6) is 0 Å². The molecule has 2 fully saturated rings. The van der Waals surface area contributed by atoms with Crippen molar-refractivity contribution in [2.75, 3.05) is 11.9 Å². The Morgan fingerprint density at radius 2 is 1.35 bits per heavy atom. The van der Waals surface area contributed by atoms with Gasteiger partial charge in [-0.2, -0.15) is 0 Å². The lowest BCUT2D eigenvalue weighted by molar-refractivity contribution is -0.123. The standard InChI is InChI=1S/C19H20N2O.C7H7NO.C6H12/c22-13-21-12-6-10-16-18(14-7-2-1-3-8-14)20-17-11-5-4-9-15(17)19(16)21;8-7(9)6-4-2-1-3-5-6;1-2-4-6-5-3-1/h1-5,7-9,11,13,16,18-20H,6,10,12H2;1-5H,(H2,8,9);1-6H2/t16?,18-,19-;;/m1../s1. The number of primary amides is 1. The van der Waals surface area contributed by atoms with Gasteiger partial charge in [0.05, 0.1) is 12.1 Å². The quantitative estimate of drug-likeness (QED) is 0.387. The molecule has 2 aliphatic heterocycles. The van der Waals surface area contributed by atoms with E-state index in [-0.39, 0.29) is 18.0 Å². The van der Waals surface area contributed by atoms with Crippen molar-refractivity contribution in [3.63, 3.8) is 0 Å². The molecule has 3 atom stereocenters. The molecule has 0 radical (unpaired) electrons. The molecular weight excluding hydrogens is 458 g/mol. The molecule has 1 aliphatic carbocycles. The third-order valence-corrected chi connectivity index (χ3v) is 7.59. The van der Waals surface area contributed by atoms with E-state index in [1.54, 1.807) is 24.3 Å². The topological polar surface area (TPSA) is 75.4 Å². The van der Waals surface area contributed by atoms with Gasteiger partial charge in [-0.25, -0.2) is 0 Å². The third-order valence-electron chi connectivity index (χ3n) is 7.59. The number of fused-ring (bicyclic) bond motifs is 3. The fourth-order valence-electron chi connectivity index (χ4n) is 5.74. The van der Waals surface area contributed by atoms with E-state index in [1.165, 1.54) is 49.7 Å². The Morgan fingerprint density at radius 1 is 0.784 bits per heavy atom. The second-order valence-corrected chi connectivity index (χ2v) is 10.1. The molecule has 1 saturated heterocycles. The van der Waals surface area contributed by atoms with E-state index in [9.17, 15) is 9.59 Å². The number of carbonyl (C=O) groups excluding carboxylic acids is 2. The third kappa shape index (κ3) is 7.00. The second-order valence-electron chi connectivity index (χ2n) is 10.1. The molecule has 1 saturated carbocycles. The van der Waals surface area contributed by atoms with Crippen molar-refractivity contribution in [1.29, 1.82) is 0 Å². The van der Waals surface area contributed by atoms with Crippen molar-refractivity contribution in [3.8, 4) is 0 Å². The zero-order chi connectivity index (χ0) is 25.9. The molecule has 5 heteroatoms. The number of benzene rings is 3. The number of para-hydroxylation sites is 1. The van der Waals surface area contributed by atoms with Gasteiger partial charge in [0.15, 0.2) is 0 Å². The van der Waals surface area contributed by atoms with Crippen LogP contribution in [-0.2, 0) is 4.79 Å². The van der Waals surface area contributed by atoms with Crippen molar-refractivity contribution >= 4 is 18.0 Å². The highest BCUT2D eigenvalue weighted by Crippen LogP contribution is 2.49. The fourth-order valence-corrected chi connectivity index (χ4v) is 5.74. The second kappa shape index (κ2) is 13.6. The van der Waals surface area contributed by atoms with Gasteiger partial charge in [0.1, 0.15) is 0 Å². The summed E-state index contributed by atoms with van der Waals surface area (Å²) in [6.07, 6.45) is 12.3. The Hall–Kier alpha value is -3.60. The summed E-state index contributed by atoms with van der Waals surface area (Å²) in [4.78, 5) is 24.0. The minimum Gasteiger partial charge on any atom is -0.378 e. The maximum Gasteiger partial charge on any atom is 0.248 e. The molecule has 0 aromatic heterocycles. The number of hydrogen-bond donors (Lipinski definition) is 2. The number of anilines is 1. The van der Waals surface area contributed by atoms with E-state index in [4.69, 9.17) is 5.73 Å². The lowest BCUT2D eigenvalue weighted by atomic mass is 9.74. The molecule has 1 unspecified atom stereocenters. The zero-order valence-electron chi connectivity index (χ0n) is 21.6. The Bertz CT molecular complexity index is 1100. The van der Waals surface area contributed by atoms with E-state index >= 15 is 0 Å². The fraction of sp³-hybridized carbons (Fsp3) is 0.375. The Labute approximate surface area is 221 Å². The van der Waals surface area contributed by atoms with Gasteiger partial charge in [-0.05, 0) is 42.2 Å². The van der Waals surface area contributed by atoms with Crippen LogP contribution < -0.4 is 11.1 Å². The summed E-state index contributed by atoms with van der Waals surface area (Å²) in [6, 6.07) is 28.2. The van der Waals surface area contributed by atoms with Crippen molar-refractivity contribution in [2.45, 2.75) is 63.5 Å². The van der Waals surface area contributed by atoms with Gasteiger partial charge in [0.2, 0.25) is 12.3 Å². The monoisotopic (exact) mass is 497 g/mol. The summed E-state index contributed by atoms with van der Waals surface area (Å²) in [7, 11) is 0. The van der Waals surface area contributed by atoms with Crippen molar-refractivity contribution < 1.29 is 9.59 Å². The summed E-state index contributed by atoms with van der Waals surface area (Å²) < 4.78 is 0. The molecular formula is C32H39N3O2. The Kier molecular flexibility index (Phi) is 9.75. The first kappa shape index (κ1) is 26.5. The average Bonchev–Trinajstić information content (AvgIpc) is 2.99. The van der Waals surface area contributed by atoms with Crippen LogP contribution in [0, 0.1) is 5.92 Å².